The maximum atomic E-state index is 14.9. The van der Waals surface area contributed by atoms with Crippen molar-refractivity contribution in [2.24, 2.45) is 11.8 Å². The molecule has 2 unspecified atom stereocenters. The molecule has 9 heteroatoms. The molecule has 0 aromatic heterocycles. The van der Waals surface area contributed by atoms with Crippen molar-refractivity contribution in [2.75, 3.05) is 31.2 Å². The Morgan fingerprint density at radius 1 is 1.00 bits per heavy atom. The van der Waals surface area contributed by atoms with Crippen molar-refractivity contribution in [2.45, 2.75) is 50.1 Å². The molecular formula is C39H43N3O6. The number of likely N-dealkylation sites (tertiary alicyclic amines) is 1. The first kappa shape index (κ1) is 33.2. The standard InChI is InChI=1S/C39H43N3O6/c1-4-23-40(25-27-13-9-7-10-14-27)38(46)35-39-22-21-32(48-39)33(34(39)37(45)42(35)31(26-43)28-15-11-8-12-16-28)36(44)41(24-5-2)29-17-19-30(20-18-29)47-6-3/h4-5,7-20,31-35,43H,1-2,6,21-26H2,3H3/t31-,32-,33+,34+,35?,39?/m1/s1. The van der Waals surface area contributed by atoms with Gasteiger partial charge in [0.25, 0.3) is 0 Å². The summed E-state index contributed by atoms with van der Waals surface area (Å²) in [5, 5.41) is 10.8. The number of hydrogen-bond acceptors (Lipinski definition) is 6. The summed E-state index contributed by atoms with van der Waals surface area (Å²) in [7, 11) is 0. The van der Waals surface area contributed by atoms with Gasteiger partial charge in [0.15, 0.2) is 0 Å². The first-order valence-electron chi connectivity index (χ1n) is 16.6. The highest BCUT2D eigenvalue weighted by Crippen LogP contribution is 2.60. The lowest BCUT2D eigenvalue weighted by Crippen LogP contribution is -2.57. The zero-order valence-corrected chi connectivity index (χ0v) is 27.3. The molecule has 3 aromatic carbocycles. The molecule has 250 valence electrons. The average molecular weight is 650 g/mol. The quantitative estimate of drug-likeness (QED) is 0.249. The molecule has 3 heterocycles. The van der Waals surface area contributed by atoms with Gasteiger partial charge in [-0.2, -0.15) is 0 Å². The van der Waals surface area contributed by atoms with Crippen LogP contribution in [-0.4, -0.2) is 76.7 Å². The number of benzene rings is 3. The number of aliphatic hydroxyl groups excluding tert-OH is 1. The van der Waals surface area contributed by atoms with Gasteiger partial charge in [-0.25, -0.2) is 0 Å². The molecule has 6 atom stereocenters. The molecule has 0 saturated carbocycles. The number of hydrogen-bond donors (Lipinski definition) is 1. The lowest BCUT2D eigenvalue weighted by molar-refractivity contribution is -0.151. The second kappa shape index (κ2) is 14.2. The van der Waals surface area contributed by atoms with E-state index in [1.807, 2.05) is 91.9 Å². The van der Waals surface area contributed by atoms with Gasteiger partial charge in [0, 0.05) is 25.3 Å². The van der Waals surface area contributed by atoms with E-state index in [-0.39, 0.29) is 30.8 Å². The van der Waals surface area contributed by atoms with Crippen LogP contribution in [0.1, 0.15) is 36.9 Å². The van der Waals surface area contributed by atoms with E-state index in [1.165, 1.54) is 4.90 Å². The highest BCUT2D eigenvalue weighted by molar-refractivity contribution is 6.03. The summed E-state index contributed by atoms with van der Waals surface area (Å²) in [5.41, 5.74) is 1.03. The number of amides is 3. The van der Waals surface area contributed by atoms with E-state index < -0.39 is 42.2 Å². The van der Waals surface area contributed by atoms with Crippen molar-refractivity contribution in [1.82, 2.24) is 9.80 Å². The van der Waals surface area contributed by atoms with Gasteiger partial charge >= 0.3 is 0 Å². The summed E-state index contributed by atoms with van der Waals surface area (Å²) in [6, 6.07) is 24.3. The van der Waals surface area contributed by atoms with Crippen LogP contribution in [0, 0.1) is 11.8 Å². The zero-order valence-electron chi connectivity index (χ0n) is 27.3. The monoisotopic (exact) mass is 649 g/mol. The van der Waals surface area contributed by atoms with E-state index in [2.05, 4.69) is 13.2 Å². The number of rotatable bonds is 14. The first-order chi connectivity index (χ1) is 23.4. The predicted octanol–water partition coefficient (Wildman–Crippen LogP) is 4.93. The van der Waals surface area contributed by atoms with Crippen molar-refractivity contribution in [3.05, 3.63) is 121 Å². The summed E-state index contributed by atoms with van der Waals surface area (Å²) in [6.45, 7) is 10.6. The number of anilines is 1. The molecular weight excluding hydrogens is 606 g/mol. The van der Waals surface area contributed by atoms with Crippen LogP contribution in [0.3, 0.4) is 0 Å². The Labute approximate surface area is 282 Å². The third-order valence-corrected chi connectivity index (χ3v) is 9.86. The highest BCUT2D eigenvalue weighted by atomic mass is 16.5. The fraction of sp³-hybridized carbons (Fsp3) is 0.359. The van der Waals surface area contributed by atoms with Gasteiger partial charge < -0.3 is 29.3 Å². The summed E-state index contributed by atoms with van der Waals surface area (Å²) >= 11 is 0. The first-order valence-corrected chi connectivity index (χ1v) is 16.6. The van der Waals surface area contributed by atoms with E-state index in [4.69, 9.17) is 9.47 Å². The Hall–Kier alpha value is -4.73. The molecule has 3 aliphatic heterocycles. The highest BCUT2D eigenvalue weighted by Gasteiger charge is 2.75. The number of carbonyl (C=O) groups excluding carboxylic acids is 3. The van der Waals surface area contributed by atoms with Gasteiger partial charge in [0.2, 0.25) is 17.7 Å². The molecule has 1 spiro atoms. The van der Waals surface area contributed by atoms with Crippen molar-refractivity contribution in [1.29, 1.82) is 0 Å². The second-order valence-corrected chi connectivity index (χ2v) is 12.6. The second-order valence-electron chi connectivity index (χ2n) is 12.6. The molecule has 3 aliphatic rings. The summed E-state index contributed by atoms with van der Waals surface area (Å²) in [6.07, 6.45) is 3.75. The lowest BCUT2D eigenvalue weighted by atomic mass is 9.70. The largest absolute Gasteiger partial charge is 0.494 e. The van der Waals surface area contributed by atoms with Gasteiger partial charge in [-0.1, -0.05) is 72.8 Å². The molecule has 6 rings (SSSR count). The fourth-order valence-corrected chi connectivity index (χ4v) is 7.90. The van der Waals surface area contributed by atoms with Gasteiger partial charge in [0.1, 0.15) is 17.4 Å². The number of carbonyl (C=O) groups is 3. The Balaban J connectivity index is 1.42. The summed E-state index contributed by atoms with van der Waals surface area (Å²) in [5.74, 6) is -1.96. The summed E-state index contributed by atoms with van der Waals surface area (Å²) in [4.78, 5) is 49.2. The van der Waals surface area contributed by atoms with E-state index in [1.54, 1.807) is 22.0 Å². The molecule has 48 heavy (non-hydrogen) atoms. The maximum Gasteiger partial charge on any atom is 0.249 e. The fourth-order valence-electron chi connectivity index (χ4n) is 7.90. The van der Waals surface area contributed by atoms with Crippen molar-refractivity contribution in [3.63, 3.8) is 0 Å². The Bertz CT molecular complexity index is 1630. The molecule has 0 radical (unpaired) electrons. The number of aliphatic hydroxyl groups is 1. The number of fused-ring (bicyclic) bond motifs is 1. The van der Waals surface area contributed by atoms with Crippen molar-refractivity contribution in [3.8, 4) is 5.75 Å². The minimum atomic E-state index is -1.24. The van der Waals surface area contributed by atoms with E-state index >= 15 is 0 Å². The predicted molar refractivity (Wildman–Crippen MR) is 183 cm³/mol. The molecule has 0 aliphatic carbocycles. The molecule has 3 fully saturated rings. The van der Waals surface area contributed by atoms with Crippen LogP contribution in [0.5, 0.6) is 5.75 Å². The zero-order chi connectivity index (χ0) is 33.8. The number of ether oxygens (including phenoxy) is 2. The van der Waals surface area contributed by atoms with Crippen molar-refractivity contribution < 1.29 is 29.0 Å². The Kier molecular flexibility index (Phi) is 9.80. The molecule has 1 N–H and O–H groups in total. The van der Waals surface area contributed by atoms with Crippen LogP contribution >= 0.6 is 0 Å². The molecule has 3 saturated heterocycles. The average Bonchev–Trinajstić information content (AvgIpc) is 3.76. The Morgan fingerprint density at radius 2 is 1.67 bits per heavy atom. The maximum absolute atomic E-state index is 14.9. The van der Waals surface area contributed by atoms with Gasteiger partial charge in [0.05, 0.1) is 37.2 Å². The molecule has 3 amide bonds. The van der Waals surface area contributed by atoms with Crippen LogP contribution in [-0.2, 0) is 25.7 Å². The summed E-state index contributed by atoms with van der Waals surface area (Å²) < 4.78 is 12.4. The third-order valence-electron chi connectivity index (χ3n) is 9.86. The van der Waals surface area contributed by atoms with Gasteiger partial charge in [-0.05, 0) is 55.2 Å². The number of nitrogens with zero attached hydrogens (tertiary/aromatic N) is 3. The van der Waals surface area contributed by atoms with E-state index in [9.17, 15) is 19.5 Å². The van der Waals surface area contributed by atoms with Crippen LogP contribution in [0.25, 0.3) is 0 Å². The van der Waals surface area contributed by atoms with E-state index in [0.29, 0.717) is 43.0 Å². The topological polar surface area (TPSA) is 99.6 Å². The molecule has 3 aromatic rings. The molecule has 2 bridgehead atoms. The van der Waals surface area contributed by atoms with Crippen LogP contribution < -0.4 is 9.64 Å². The van der Waals surface area contributed by atoms with Crippen LogP contribution in [0.15, 0.2) is 110 Å². The van der Waals surface area contributed by atoms with E-state index in [0.717, 1.165) is 5.56 Å². The Morgan fingerprint density at radius 3 is 2.29 bits per heavy atom. The van der Waals surface area contributed by atoms with Crippen molar-refractivity contribution >= 4 is 23.4 Å². The van der Waals surface area contributed by atoms with Crippen LogP contribution in [0.4, 0.5) is 5.69 Å². The smallest absolute Gasteiger partial charge is 0.249 e. The minimum absolute atomic E-state index is 0.226. The lowest BCUT2D eigenvalue weighted by Gasteiger charge is -2.39. The van der Waals surface area contributed by atoms with Gasteiger partial charge in [-0.3, -0.25) is 14.4 Å². The third kappa shape index (κ3) is 5.82. The van der Waals surface area contributed by atoms with Crippen LogP contribution in [0.2, 0.25) is 0 Å². The molecule has 9 nitrogen and oxygen atoms in total. The normalized spacial score (nSPS) is 24.5. The SMILES string of the molecule is C=CCN(Cc1ccccc1)C(=O)C1N([C@H](CO)c2ccccc2)C(=O)[C@@H]2[C@@H](C(=O)N(CC=C)c3ccc(OCC)cc3)[C@H]3CCC12O3. The van der Waals surface area contributed by atoms with Gasteiger partial charge in [-0.15, -0.1) is 13.2 Å². The minimum Gasteiger partial charge on any atom is -0.494 e.